The van der Waals surface area contributed by atoms with Gasteiger partial charge in [-0.3, -0.25) is 9.69 Å². The van der Waals surface area contributed by atoms with Gasteiger partial charge in [0.2, 0.25) is 5.91 Å². The van der Waals surface area contributed by atoms with E-state index in [4.69, 9.17) is 0 Å². The number of rotatable bonds is 4. The molecule has 0 aromatic heterocycles. The van der Waals surface area contributed by atoms with Gasteiger partial charge in [-0.15, -0.1) is 0 Å². The Morgan fingerprint density at radius 3 is 2.71 bits per heavy atom. The summed E-state index contributed by atoms with van der Waals surface area (Å²) in [5, 5.41) is 9.94. The number of hydrogen-bond donors (Lipinski definition) is 1. The minimum atomic E-state index is -4.40. The molecular weight excluding hydrogens is 321 g/mol. The fourth-order valence-electron chi connectivity index (χ4n) is 3.27. The van der Waals surface area contributed by atoms with E-state index in [2.05, 4.69) is 0 Å². The number of amides is 1. The summed E-state index contributed by atoms with van der Waals surface area (Å²) in [5.41, 5.74) is -0.217. The highest BCUT2D eigenvalue weighted by molar-refractivity contribution is 5.78. The van der Waals surface area contributed by atoms with Crippen LogP contribution in [0.25, 0.3) is 0 Å². The molecule has 1 heterocycles. The van der Waals surface area contributed by atoms with E-state index in [0.717, 1.165) is 25.0 Å². The molecule has 1 N–H and O–H groups in total. The molecular formula is C17H21F3N2O2. The zero-order valence-electron chi connectivity index (χ0n) is 13.5. The summed E-state index contributed by atoms with van der Waals surface area (Å²) in [7, 11) is 1.76. The molecule has 132 valence electrons. The van der Waals surface area contributed by atoms with Gasteiger partial charge in [0, 0.05) is 25.7 Å². The number of carbonyl (C=O) groups excluding carboxylic acids is 1. The highest BCUT2D eigenvalue weighted by atomic mass is 19.4. The minimum absolute atomic E-state index is 0.0522. The highest BCUT2D eigenvalue weighted by Crippen LogP contribution is 2.36. The molecule has 7 heteroatoms. The monoisotopic (exact) mass is 342 g/mol. The second-order valence-electron chi connectivity index (χ2n) is 6.69. The molecule has 2 aliphatic rings. The maximum absolute atomic E-state index is 12.9. The van der Waals surface area contributed by atoms with Crippen molar-refractivity contribution in [1.29, 1.82) is 0 Å². The van der Waals surface area contributed by atoms with Crippen LogP contribution in [0.5, 0.6) is 0 Å². The Morgan fingerprint density at radius 2 is 2.08 bits per heavy atom. The Morgan fingerprint density at radius 1 is 1.38 bits per heavy atom. The van der Waals surface area contributed by atoms with Crippen LogP contribution in [0.1, 0.15) is 36.4 Å². The van der Waals surface area contributed by atoms with Crippen LogP contribution in [-0.2, 0) is 11.0 Å². The number of likely N-dealkylation sites (tertiary alicyclic amines) is 1. The first kappa shape index (κ1) is 17.2. The Balaban J connectivity index is 1.76. The van der Waals surface area contributed by atoms with E-state index in [1.54, 1.807) is 22.9 Å². The number of halogens is 3. The highest BCUT2D eigenvalue weighted by Gasteiger charge is 2.37. The van der Waals surface area contributed by atoms with E-state index < -0.39 is 17.8 Å². The molecule has 1 aromatic rings. The number of nitrogens with zero attached hydrogens (tertiary/aromatic N) is 2. The summed E-state index contributed by atoms with van der Waals surface area (Å²) in [6.07, 6.45) is -2.70. The lowest BCUT2D eigenvalue weighted by atomic mass is 10.0. The molecule has 1 aliphatic heterocycles. The predicted octanol–water partition coefficient (Wildman–Crippen LogP) is 2.43. The van der Waals surface area contributed by atoms with Crippen LogP contribution >= 0.6 is 0 Å². The van der Waals surface area contributed by atoms with Crippen molar-refractivity contribution in [2.75, 3.05) is 20.1 Å². The number of β-amino-alcohol motifs (C(OH)–C–C–N with tert-alkyl or cyclic N) is 1. The van der Waals surface area contributed by atoms with Crippen LogP contribution < -0.4 is 0 Å². The van der Waals surface area contributed by atoms with E-state index in [9.17, 15) is 23.1 Å². The number of benzene rings is 1. The lowest BCUT2D eigenvalue weighted by Gasteiger charge is -2.27. The lowest BCUT2D eigenvalue weighted by molar-refractivity contribution is -0.137. The second-order valence-corrected chi connectivity index (χ2v) is 6.69. The first-order valence-electron chi connectivity index (χ1n) is 8.10. The number of hydrogen-bond acceptors (Lipinski definition) is 3. The maximum atomic E-state index is 12.9. The summed E-state index contributed by atoms with van der Waals surface area (Å²) >= 11 is 0. The van der Waals surface area contributed by atoms with Gasteiger partial charge in [-0.1, -0.05) is 12.1 Å². The lowest BCUT2D eigenvalue weighted by Crippen LogP contribution is -2.39. The summed E-state index contributed by atoms with van der Waals surface area (Å²) in [6.45, 7) is 0.413. The normalized spacial score (nSPS) is 25.0. The Labute approximate surface area is 138 Å². The van der Waals surface area contributed by atoms with E-state index >= 15 is 0 Å². The van der Waals surface area contributed by atoms with Gasteiger partial charge in [0.05, 0.1) is 18.2 Å². The maximum Gasteiger partial charge on any atom is 0.416 e. The van der Waals surface area contributed by atoms with Gasteiger partial charge in [0.25, 0.3) is 0 Å². The standard InChI is InChI=1S/C17H21F3N2O2/c1-21(13-5-6-13)16(24)10-22-9-14(23)8-15(22)11-3-2-4-12(7-11)17(18,19)20/h2-4,7,13-15,23H,5-6,8-10H2,1H3/t14-,15-/m1/s1. The third kappa shape index (κ3) is 3.72. The fraction of sp³-hybridized carbons (Fsp3) is 0.588. The largest absolute Gasteiger partial charge is 0.416 e. The molecule has 0 unspecified atom stereocenters. The van der Waals surface area contributed by atoms with Gasteiger partial charge >= 0.3 is 6.18 Å². The van der Waals surface area contributed by atoms with E-state index in [-0.39, 0.29) is 24.5 Å². The number of carbonyl (C=O) groups is 1. The first-order valence-corrected chi connectivity index (χ1v) is 8.10. The van der Waals surface area contributed by atoms with Gasteiger partial charge in [-0.25, -0.2) is 0 Å². The smallest absolute Gasteiger partial charge is 0.392 e. The van der Waals surface area contributed by atoms with E-state index in [0.29, 0.717) is 18.5 Å². The molecule has 4 nitrogen and oxygen atoms in total. The third-order valence-corrected chi connectivity index (χ3v) is 4.81. The van der Waals surface area contributed by atoms with Crippen molar-refractivity contribution in [1.82, 2.24) is 9.80 Å². The van der Waals surface area contributed by atoms with E-state index in [1.165, 1.54) is 6.07 Å². The molecule has 1 amide bonds. The number of likely N-dealkylation sites (N-methyl/N-ethyl adjacent to an activating group) is 1. The summed E-state index contributed by atoms with van der Waals surface area (Å²) in [6, 6.07) is 5.06. The van der Waals surface area contributed by atoms with Crippen LogP contribution in [0.15, 0.2) is 24.3 Å². The summed E-state index contributed by atoms with van der Waals surface area (Å²) in [5.74, 6) is -0.0522. The Bertz CT molecular complexity index is 616. The van der Waals surface area contributed by atoms with Crippen molar-refractivity contribution in [3.8, 4) is 0 Å². The van der Waals surface area contributed by atoms with Crippen molar-refractivity contribution < 1.29 is 23.1 Å². The van der Waals surface area contributed by atoms with Crippen LogP contribution in [0, 0.1) is 0 Å². The second kappa shape index (κ2) is 6.37. The number of alkyl halides is 3. The van der Waals surface area contributed by atoms with Crippen LogP contribution in [0.3, 0.4) is 0 Å². The van der Waals surface area contributed by atoms with Crippen molar-refractivity contribution in [2.45, 2.75) is 43.6 Å². The van der Waals surface area contributed by atoms with Gasteiger partial charge in [-0.05, 0) is 37.0 Å². The zero-order valence-corrected chi connectivity index (χ0v) is 13.5. The van der Waals surface area contributed by atoms with Crippen molar-refractivity contribution in [2.24, 2.45) is 0 Å². The molecule has 24 heavy (non-hydrogen) atoms. The van der Waals surface area contributed by atoms with Gasteiger partial charge < -0.3 is 10.0 Å². The quantitative estimate of drug-likeness (QED) is 0.914. The number of aliphatic hydroxyl groups is 1. The molecule has 1 aliphatic carbocycles. The molecule has 1 saturated heterocycles. The fourth-order valence-corrected chi connectivity index (χ4v) is 3.27. The molecule has 1 aromatic carbocycles. The van der Waals surface area contributed by atoms with Crippen LogP contribution in [0.2, 0.25) is 0 Å². The molecule has 2 atom stereocenters. The van der Waals surface area contributed by atoms with Crippen LogP contribution in [0.4, 0.5) is 13.2 Å². The van der Waals surface area contributed by atoms with Gasteiger partial charge in [0.1, 0.15) is 0 Å². The van der Waals surface area contributed by atoms with Gasteiger partial charge in [0.15, 0.2) is 0 Å². The zero-order chi connectivity index (χ0) is 17.5. The van der Waals surface area contributed by atoms with Crippen molar-refractivity contribution in [3.63, 3.8) is 0 Å². The molecule has 0 spiro atoms. The summed E-state index contributed by atoms with van der Waals surface area (Å²) in [4.78, 5) is 15.8. The molecule has 0 bridgehead atoms. The molecule has 1 saturated carbocycles. The average molecular weight is 342 g/mol. The number of aliphatic hydroxyl groups excluding tert-OH is 1. The molecule has 3 rings (SSSR count). The Kier molecular flexibility index (Phi) is 4.57. The molecule has 0 radical (unpaired) electrons. The predicted molar refractivity (Wildman–Crippen MR) is 82.2 cm³/mol. The van der Waals surface area contributed by atoms with Crippen molar-refractivity contribution >= 4 is 5.91 Å². The SMILES string of the molecule is CN(C(=O)CN1C[C@H](O)C[C@@H]1c1cccc(C(F)(F)F)c1)C1CC1. The Hall–Kier alpha value is -1.60. The average Bonchev–Trinajstić information content (AvgIpc) is 3.30. The van der Waals surface area contributed by atoms with Gasteiger partial charge in [-0.2, -0.15) is 13.2 Å². The molecule has 2 fully saturated rings. The minimum Gasteiger partial charge on any atom is -0.392 e. The first-order chi connectivity index (χ1) is 11.3. The third-order valence-electron chi connectivity index (χ3n) is 4.81. The van der Waals surface area contributed by atoms with E-state index in [1.807, 2.05) is 0 Å². The topological polar surface area (TPSA) is 43.8 Å². The summed E-state index contributed by atoms with van der Waals surface area (Å²) < 4.78 is 38.7. The van der Waals surface area contributed by atoms with Crippen molar-refractivity contribution in [3.05, 3.63) is 35.4 Å². The van der Waals surface area contributed by atoms with Crippen LogP contribution in [-0.4, -0.2) is 53.1 Å².